The number of fused-ring (bicyclic) bond motifs is 1. The SMILES string of the molecule is CC(=O)C(C)(C)Oc1cccc(CCCNc2nc3ccccc3o2)c1. The normalized spacial score (nSPS) is 11.5. The summed E-state index contributed by atoms with van der Waals surface area (Å²) in [6.07, 6.45) is 1.82. The first-order valence-electron chi connectivity index (χ1n) is 8.82. The molecule has 0 fully saturated rings. The maximum absolute atomic E-state index is 11.6. The Balaban J connectivity index is 1.51. The lowest BCUT2D eigenvalue weighted by atomic mass is 10.0. The predicted octanol–water partition coefficient (Wildman–Crippen LogP) is 4.62. The monoisotopic (exact) mass is 352 g/mol. The molecule has 5 heteroatoms. The number of carbonyl (C=O) groups excluding carboxylic acids is 1. The summed E-state index contributed by atoms with van der Waals surface area (Å²) < 4.78 is 11.5. The molecule has 0 spiro atoms. The number of aryl methyl sites for hydroxylation is 1. The molecule has 136 valence electrons. The van der Waals surface area contributed by atoms with E-state index >= 15 is 0 Å². The summed E-state index contributed by atoms with van der Waals surface area (Å²) in [6, 6.07) is 16.1. The highest BCUT2D eigenvalue weighted by Gasteiger charge is 2.25. The first-order valence-corrected chi connectivity index (χ1v) is 8.82. The molecule has 1 heterocycles. The predicted molar refractivity (Wildman–Crippen MR) is 103 cm³/mol. The lowest BCUT2D eigenvalue weighted by molar-refractivity contribution is -0.129. The zero-order chi connectivity index (χ0) is 18.6. The van der Waals surface area contributed by atoms with Gasteiger partial charge in [-0.2, -0.15) is 4.98 Å². The average Bonchev–Trinajstić information content (AvgIpc) is 3.01. The van der Waals surface area contributed by atoms with Crippen LogP contribution >= 0.6 is 0 Å². The number of hydrogen-bond acceptors (Lipinski definition) is 5. The van der Waals surface area contributed by atoms with Crippen LogP contribution in [-0.4, -0.2) is 22.9 Å². The molecule has 0 saturated heterocycles. The van der Waals surface area contributed by atoms with E-state index in [-0.39, 0.29) is 5.78 Å². The molecule has 0 unspecified atom stereocenters. The molecule has 0 aliphatic rings. The molecule has 0 amide bonds. The first kappa shape index (κ1) is 18.0. The zero-order valence-electron chi connectivity index (χ0n) is 15.4. The van der Waals surface area contributed by atoms with Crippen molar-refractivity contribution in [3.63, 3.8) is 0 Å². The minimum Gasteiger partial charge on any atom is -0.480 e. The highest BCUT2D eigenvalue weighted by Crippen LogP contribution is 2.21. The van der Waals surface area contributed by atoms with Gasteiger partial charge in [-0.3, -0.25) is 4.79 Å². The number of ether oxygens (including phenoxy) is 1. The molecule has 2 aromatic carbocycles. The van der Waals surface area contributed by atoms with Crippen LogP contribution in [-0.2, 0) is 11.2 Å². The van der Waals surface area contributed by atoms with E-state index in [0.717, 1.165) is 36.2 Å². The minimum atomic E-state index is -0.812. The first-order chi connectivity index (χ1) is 12.4. The smallest absolute Gasteiger partial charge is 0.295 e. The summed E-state index contributed by atoms with van der Waals surface area (Å²) in [4.78, 5) is 16.0. The average molecular weight is 352 g/mol. The Labute approximate surface area is 153 Å². The number of aromatic nitrogens is 1. The summed E-state index contributed by atoms with van der Waals surface area (Å²) in [6.45, 7) is 5.87. The van der Waals surface area contributed by atoms with Crippen LogP contribution in [0, 0.1) is 0 Å². The van der Waals surface area contributed by atoms with Crippen molar-refractivity contribution in [2.75, 3.05) is 11.9 Å². The van der Waals surface area contributed by atoms with Gasteiger partial charge in [0.05, 0.1) is 0 Å². The van der Waals surface area contributed by atoms with Gasteiger partial charge >= 0.3 is 0 Å². The number of ketones is 1. The van der Waals surface area contributed by atoms with E-state index in [4.69, 9.17) is 9.15 Å². The van der Waals surface area contributed by atoms with Gasteiger partial charge in [-0.15, -0.1) is 0 Å². The Morgan fingerprint density at radius 2 is 2.00 bits per heavy atom. The number of nitrogens with zero attached hydrogens (tertiary/aromatic N) is 1. The van der Waals surface area contributed by atoms with E-state index in [9.17, 15) is 4.79 Å². The Bertz CT molecular complexity index is 866. The summed E-state index contributed by atoms with van der Waals surface area (Å²) in [7, 11) is 0. The van der Waals surface area contributed by atoms with E-state index in [1.54, 1.807) is 20.8 Å². The standard InChI is InChI=1S/C21H24N2O3/c1-15(24)21(2,3)26-17-10-6-8-16(14-17)9-7-13-22-20-23-18-11-4-5-12-19(18)25-20/h4-6,8,10-12,14H,7,9,13H2,1-3H3,(H,22,23). The molecule has 1 aromatic heterocycles. The van der Waals surface area contributed by atoms with E-state index in [1.807, 2.05) is 42.5 Å². The van der Waals surface area contributed by atoms with Crippen LogP contribution in [0.5, 0.6) is 5.75 Å². The molecule has 5 nitrogen and oxygen atoms in total. The summed E-state index contributed by atoms with van der Waals surface area (Å²) in [5.41, 5.74) is 2.00. The fraction of sp³-hybridized carbons (Fsp3) is 0.333. The molecule has 0 aliphatic carbocycles. The van der Waals surface area contributed by atoms with Crippen molar-refractivity contribution in [3.8, 4) is 5.75 Å². The highest BCUT2D eigenvalue weighted by molar-refractivity contribution is 5.84. The summed E-state index contributed by atoms with van der Waals surface area (Å²) in [5.74, 6) is 0.722. The van der Waals surface area contributed by atoms with Crippen molar-refractivity contribution in [1.29, 1.82) is 0 Å². The Hall–Kier alpha value is -2.82. The van der Waals surface area contributed by atoms with Gasteiger partial charge in [-0.1, -0.05) is 24.3 Å². The minimum absolute atomic E-state index is 0.00503. The number of para-hydroxylation sites is 2. The zero-order valence-corrected chi connectivity index (χ0v) is 15.4. The summed E-state index contributed by atoms with van der Waals surface area (Å²) in [5, 5.41) is 3.22. The topological polar surface area (TPSA) is 64.4 Å². The van der Waals surface area contributed by atoms with Crippen LogP contribution in [0.1, 0.15) is 32.8 Å². The molecular formula is C21H24N2O3. The highest BCUT2D eigenvalue weighted by atomic mass is 16.5. The van der Waals surface area contributed by atoms with E-state index < -0.39 is 5.60 Å². The number of benzene rings is 2. The second kappa shape index (κ2) is 7.60. The van der Waals surface area contributed by atoms with E-state index in [2.05, 4.69) is 16.4 Å². The molecule has 3 aromatic rings. The fourth-order valence-electron chi connectivity index (χ4n) is 2.57. The van der Waals surface area contributed by atoms with Gasteiger partial charge in [0, 0.05) is 6.54 Å². The van der Waals surface area contributed by atoms with Crippen LogP contribution in [0.3, 0.4) is 0 Å². The molecular weight excluding hydrogens is 328 g/mol. The third-order valence-electron chi connectivity index (χ3n) is 4.33. The molecule has 0 bridgehead atoms. The van der Waals surface area contributed by atoms with Crippen molar-refractivity contribution in [2.24, 2.45) is 0 Å². The van der Waals surface area contributed by atoms with Gasteiger partial charge in [-0.25, -0.2) is 0 Å². The number of oxazole rings is 1. The van der Waals surface area contributed by atoms with Gasteiger partial charge in [0.2, 0.25) is 0 Å². The molecule has 3 rings (SSSR count). The molecule has 0 radical (unpaired) electrons. The van der Waals surface area contributed by atoms with Crippen LogP contribution in [0.25, 0.3) is 11.1 Å². The molecule has 0 atom stereocenters. The second-order valence-electron chi connectivity index (χ2n) is 6.83. The van der Waals surface area contributed by atoms with Gasteiger partial charge in [0.15, 0.2) is 17.0 Å². The fourth-order valence-corrected chi connectivity index (χ4v) is 2.57. The van der Waals surface area contributed by atoms with E-state index in [1.165, 1.54) is 5.56 Å². The molecule has 0 saturated carbocycles. The molecule has 26 heavy (non-hydrogen) atoms. The van der Waals surface area contributed by atoms with Gasteiger partial charge < -0.3 is 14.5 Å². The third kappa shape index (κ3) is 4.42. The van der Waals surface area contributed by atoms with Crippen molar-refractivity contribution >= 4 is 22.9 Å². The number of Topliss-reactive ketones (excluding diaryl/α,β-unsaturated/α-hetero) is 1. The summed E-state index contributed by atoms with van der Waals surface area (Å²) >= 11 is 0. The maximum atomic E-state index is 11.6. The van der Waals surface area contributed by atoms with Crippen LogP contribution in [0.15, 0.2) is 52.9 Å². The Morgan fingerprint density at radius 3 is 2.77 bits per heavy atom. The number of hydrogen-bond donors (Lipinski definition) is 1. The quantitative estimate of drug-likeness (QED) is 0.599. The molecule has 1 N–H and O–H groups in total. The number of nitrogens with one attached hydrogen (secondary N) is 1. The largest absolute Gasteiger partial charge is 0.480 e. The van der Waals surface area contributed by atoms with Crippen molar-refractivity contribution < 1.29 is 13.9 Å². The maximum Gasteiger partial charge on any atom is 0.295 e. The lowest BCUT2D eigenvalue weighted by Gasteiger charge is -2.23. The van der Waals surface area contributed by atoms with Gasteiger partial charge in [0.25, 0.3) is 6.01 Å². The van der Waals surface area contributed by atoms with Gasteiger partial charge in [-0.05, 0) is 63.4 Å². The second-order valence-corrected chi connectivity index (χ2v) is 6.83. The van der Waals surface area contributed by atoms with Crippen molar-refractivity contribution in [2.45, 2.75) is 39.2 Å². The Morgan fingerprint density at radius 1 is 1.19 bits per heavy atom. The lowest BCUT2D eigenvalue weighted by Crippen LogP contribution is -2.36. The number of anilines is 1. The molecule has 0 aliphatic heterocycles. The van der Waals surface area contributed by atoms with Crippen LogP contribution in [0.4, 0.5) is 6.01 Å². The number of carbonyl (C=O) groups is 1. The van der Waals surface area contributed by atoms with Crippen molar-refractivity contribution in [1.82, 2.24) is 4.98 Å². The van der Waals surface area contributed by atoms with E-state index in [0.29, 0.717) is 6.01 Å². The van der Waals surface area contributed by atoms with Gasteiger partial charge in [0.1, 0.15) is 11.3 Å². The van der Waals surface area contributed by atoms with Crippen LogP contribution < -0.4 is 10.1 Å². The Kier molecular flexibility index (Phi) is 5.26. The third-order valence-corrected chi connectivity index (χ3v) is 4.33. The van der Waals surface area contributed by atoms with Crippen molar-refractivity contribution in [3.05, 3.63) is 54.1 Å². The van der Waals surface area contributed by atoms with Crippen LogP contribution in [0.2, 0.25) is 0 Å². The number of rotatable bonds is 8.